The van der Waals surface area contributed by atoms with Crippen LogP contribution in [0.15, 0.2) is 30.5 Å². The number of ether oxygens (including phenoxy) is 2. The third kappa shape index (κ3) is 5.12. The van der Waals surface area contributed by atoms with Crippen LogP contribution in [-0.4, -0.2) is 66.6 Å². The molecular weight excluding hydrogens is 442 g/mol. The molecule has 1 N–H and O–H groups in total. The van der Waals surface area contributed by atoms with E-state index in [-0.39, 0.29) is 24.0 Å². The van der Waals surface area contributed by atoms with Gasteiger partial charge in [-0.15, -0.1) is 0 Å². The Labute approximate surface area is 208 Å². The molecule has 3 fully saturated rings. The molecule has 7 nitrogen and oxygen atoms in total. The van der Waals surface area contributed by atoms with Crippen LogP contribution in [0, 0.1) is 5.92 Å². The molecule has 0 radical (unpaired) electrons. The average Bonchev–Trinajstić information content (AvgIpc) is 3.44. The van der Waals surface area contributed by atoms with Gasteiger partial charge in [0.15, 0.2) is 0 Å². The van der Waals surface area contributed by atoms with Gasteiger partial charge in [0.05, 0.1) is 12.1 Å². The Morgan fingerprint density at radius 3 is 2.66 bits per heavy atom. The van der Waals surface area contributed by atoms with Gasteiger partial charge in [-0.3, -0.25) is 14.5 Å². The topological polar surface area (TPSA) is 71.1 Å². The number of nitrogens with one attached hydrogen (secondary N) is 1. The number of amides is 2. The van der Waals surface area contributed by atoms with Crippen LogP contribution in [0.25, 0.3) is 0 Å². The summed E-state index contributed by atoms with van der Waals surface area (Å²) in [5, 5.41) is 2.80. The highest BCUT2D eigenvalue weighted by Crippen LogP contribution is 2.35. The minimum absolute atomic E-state index is 0.00974. The molecule has 0 aromatic heterocycles. The van der Waals surface area contributed by atoms with Crippen LogP contribution in [0.1, 0.15) is 73.7 Å². The molecule has 35 heavy (non-hydrogen) atoms. The number of fused-ring (bicyclic) bond motifs is 1. The van der Waals surface area contributed by atoms with Crippen LogP contribution < -0.4 is 10.1 Å². The summed E-state index contributed by atoms with van der Waals surface area (Å²) >= 11 is 0. The molecule has 2 aliphatic heterocycles. The fourth-order valence-corrected chi connectivity index (χ4v) is 6.57. The second kappa shape index (κ2) is 10.3. The Kier molecular flexibility index (Phi) is 7.17. The quantitative estimate of drug-likeness (QED) is 0.640. The predicted molar refractivity (Wildman–Crippen MR) is 134 cm³/mol. The minimum Gasteiger partial charge on any atom is -0.489 e. The van der Waals surface area contributed by atoms with Crippen molar-refractivity contribution in [2.45, 2.75) is 88.6 Å². The van der Waals surface area contributed by atoms with E-state index in [0.29, 0.717) is 37.2 Å². The van der Waals surface area contributed by atoms with Crippen molar-refractivity contribution < 1.29 is 19.1 Å². The first kappa shape index (κ1) is 24.3. The molecule has 1 saturated heterocycles. The summed E-state index contributed by atoms with van der Waals surface area (Å²) in [4.78, 5) is 29.1. The first-order valence-corrected chi connectivity index (χ1v) is 13.2. The first-order chi connectivity index (χ1) is 16.9. The van der Waals surface area contributed by atoms with E-state index in [1.807, 2.05) is 30.2 Å². The number of benzene rings is 1. The van der Waals surface area contributed by atoms with E-state index in [2.05, 4.69) is 23.8 Å². The SMILES string of the molecule is C=C1NC(=O)CCC1N1Cc2cc(O[C@H]3CCC[C@@H]3N(C)CC3CCC(OC)CC3)ccc2C1=O. The Morgan fingerprint density at radius 2 is 1.91 bits per heavy atom. The Hall–Kier alpha value is -2.38. The smallest absolute Gasteiger partial charge is 0.255 e. The van der Waals surface area contributed by atoms with E-state index >= 15 is 0 Å². The molecule has 1 unspecified atom stereocenters. The molecule has 2 heterocycles. The molecule has 3 atom stereocenters. The van der Waals surface area contributed by atoms with Crippen molar-refractivity contribution >= 4 is 11.8 Å². The van der Waals surface area contributed by atoms with Gasteiger partial charge in [0.2, 0.25) is 5.91 Å². The minimum atomic E-state index is -0.149. The Bertz CT molecular complexity index is 971. The third-order valence-corrected chi connectivity index (χ3v) is 8.58. The lowest BCUT2D eigenvalue weighted by Gasteiger charge is -2.35. The Morgan fingerprint density at radius 1 is 1.11 bits per heavy atom. The lowest BCUT2D eigenvalue weighted by molar-refractivity contribution is -0.121. The van der Waals surface area contributed by atoms with Gasteiger partial charge in [0.1, 0.15) is 11.9 Å². The van der Waals surface area contributed by atoms with Gasteiger partial charge in [-0.25, -0.2) is 0 Å². The summed E-state index contributed by atoms with van der Waals surface area (Å²) in [6.45, 7) is 5.64. The molecule has 190 valence electrons. The van der Waals surface area contributed by atoms with Crippen LogP contribution in [0.2, 0.25) is 0 Å². The maximum atomic E-state index is 13.1. The molecule has 4 aliphatic rings. The van der Waals surface area contributed by atoms with Gasteiger partial charge in [-0.05, 0) is 88.1 Å². The van der Waals surface area contributed by atoms with Crippen molar-refractivity contribution in [1.29, 1.82) is 0 Å². The monoisotopic (exact) mass is 481 g/mol. The number of rotatable bonds is 7. The summed E-state index contributed by atoms with van der Waals surface area (Å²) in [6, 6.07) is 6.16. The maximum Gasteiger partial charge on any atom is 0.255 e. The highest BCUT2D eigenvalue weighted by Gasteiger charge is 2.37. The van der Waals surface area contributed by atoms with Crippen molar-refractivity contribution in [1.82, 2.24) is 15.1 Å². The number of carbonyl (C=O) groups is 2. The van der Waals surface area contributed by atoms with Gasteiger partial charge in [-0.2, -0.15) is 0 Å². The van der Waals surface area contributed by atoms with Crippen molar-refractivity contribution in [3.05, 3.63) is 41.6 Å². The molecule has 1 aromatic rings. The third-order valence-electron chi connectivity index (χ3n) is 8.58. The fraction of sp³-hybridized carbons (Fsp3) is 0.643. The maximum absolute atomic E-state index is 13.1. The van der Waals surface area contributed by atoms with Crippen molar-refractivity contribution in [2.75, 3.05) is 20.7 Å². The molecule has 0 spiro atoms. The fourth-order valence-electron chi connectivity index (χ4n) is 6.57. The van der Waals surface area contributed by atoms with E-state index in [1.54, 1.807) is 0 Å². The number of nitrogens with zero attached hydrogens (tertiary/aromatic N) is 2. The first-order valence-electron chi connectivity index (χ1n) is 13.2. The van der Waals surface area contributed by atoms with Crippen molar-refractivity contribution in [2.24, 2.45) is 5.92 Å². The molecule has 2 aliphatic carbocycles. The summed E-state index contributed by atoms with van der Waals surface area (Å²) in [5.41, 5.74) is 2.34. The molecule has 5 rings (SSSR count). The van der Waals surface area contributed by atoms with E-state index in [1.165, 1.54) is 38.5 Å². The number of hydrogen-bond donors (Lipinski definition) is 1. The number of carbonyl (C=O) groups excluding carboxylic acids is 2. The largest absolute Gasteiger partial charge is 0.489 e. The van der Waals surface area contributed by atoms with Gasteiger partial charge in [0, 0.05) is 43.9 Å². The van der Waals surface area contributed by atoms with Gasteiger partial charge < -0.3 is 19.7 Å². The average molecular weight is 482 g/mol. The molecule has 1 aromatic carbocycles. The standard InChI is InChI=1S/C28H39N3O4/c1-18-24(13-14-27(32)29-18)31-17-20-15-22(11-12-23(20)28(31)33)35-26-6-4-5-25(26)30(2)16-19-7-9-21(34-3)10-8-19/h11-12,15,19,21,24-26H,1,4-10,13-14,16-17H2,2-3H3,(H,29,32)/t19?,21?,24?,25-,26-/m0/s1. The summed E-state index contributed by atoms with van der Waals surface area (Å²) in [7, 11) is 4.08. The molecule has 2 amide bonds. The van der Waals surface area contributed by atoms with Crippen LogP contribution >= 0.6 is 0 Å². The zero-order valence-electron chi connectivity index (χ0n) is 21.1. The summed E-state index contributed by atoms with van der Waals surface area (Å²) in [6.07, 6.45) is 9.90. The van der Waals surface area contributed by atoms with Crippen LogP contribution in [0.3, 0.4) is 0 Å². The van der Waals surface area contributed by atoms with E-state index in [0.717, 1.165) is 35.8 Å². The number of methoxy groups -OCH3 is 1. The second-order valence-electron chi connectivity index (χ2n) is 10.9. The Balaban J connectivity index is 1.20. The van der Waals surface area contributed by atoms with Gasteiger partial charge >= 0.3 is 0 Å². The van der Waals surface area contributed by atoms with Gasteiger partial charge in [-0.1, -0.05) is 6.58 Å². The van der Waals surface area contributed by atoms with Crippen LogP contribution in [-0.2, 0) is 16.1 Å². The lowest BCUT2D eigenvalue weighted by Crippen LogP contribution is -2.45. The molecule has 0 bridgehead atoms. The number of hydrogen-bond acceptors (Lipinski definition) is 5. The number of likely N-dealkylation sites (N-methyl/N-ethyl adjacent to an activating group) is 1. The summed E-state index contributed by atoms with van der Waals surface area (Å²) < 4.78 is 12.1. The van der Waals surface area contributed by atoms with Crippen LogP contribution in [0.4, 0.5) is 0 Å². The van der Waals surface area contributed by atoms with E-state index < -0.39 is 0 Å². The normalized spacial score (nSPS) is 31.1. The zero-order chi connectivity index (χ0) is 24.5. The molecule has 7 heteroatoms. The second-order valence-corrected chi connectivity index (χ2v) is 10.9. The molecular formula is C28H39N3O4. The molecule has 2 saturated carbocycles. The highest BCUT2D eigenvalue weighted by molar-refractivity contribution is 5.99. The van der Waals surface area contributed by atoms with Crippen molar-refractivity contribution in [3.8, 4) is 5.75 Å². The van der Waals surface area contributed by atoms with Gasteiger partial charge in [0.25, 0.3) is 5.91 Å². The lowest BCUT2D eigenvalue weighted by atomic mass is 9.87. The highest BCUT2D eigenvalue weighted by atomic mass is 16.5. The summed E-state index contributed by atoms with van der Waals surface area (Å²) in [5.74, 6) is 1.57. The predicted octanol–water partition coefficient (Wildman–Crippen LogP) is 3.87. The van der Waals surface area contributed by atoms with E-state index in [4.69, 9.17) is 9.47 Å². The zero-order valence-corrected chi connectivity index (χ0v) is 21.1. The van der Waals surface area contributed by atoms with Crippen LogP contribution in [0.5, 0.6) is 5.75 Å². The van der Waals surface area contributed by atoms with Crippen molar-refractivity contribution in [3.63, 3.8) is 0 Å². The van der Waals surface area contributed by atoms with E-state index in [9.17, 15) is 9.59 Å². The number of piperidine rings is 1.